The van der Waals surface area contributed by atoms with Crippen LogP contribution >= 0.6 is 0 Å². The van der Waals surface area contributed by atoms with E-state index in [2.05, 4.69) is 15.4 Å². The van der Waals surface area contributed by atoms with Crippen LogP contribution in [-0.2, 0) is 18.9 Å². The monoisotopic (exact) mass is 431 g/mol. The number of rotatable bonds is 3. The molecule has 2 aliphatic rings. The number of fused-ring (bicyclic) bond motifs is 2. The second-order valence-electron chi connectivity index (χ2n) is 9.01. The fourth-order valence-electron chi connectivity index (χ4n) is 3.88. The summed E-state index contributed by atoms with van der Waals surface area (Å²) in [5.74, 6) is -0.692. The molecule has 2 aliphatic heterocycles. The van der Waals surface area contributed by atoms with Crippen molar-refractivity contribution in [3.8, 4) is 6.07 Å². The van der Waals surface area contributed by atoms with E-state index in [1.165, 1.54) is 6.33 Å². The maximum Gasteiger partial charge on any atom is 0.413 e. The standard InChI is InChI=1S/C20H25N5O6/c1-18(2,3)31-17(27)24-16-12-7-6-11(25(12)23-10-22-16)13-14-15(30-19(4,5)28-14)20(8-21,9-26)29-13/h6-7,10,13-15,26H,9H2,1-5H3,(H,22,23,24,27)/t13-,14-,15-,20+/m0/s1. The van der Waals surface area contributed by atoms with Gasteiger partial charge in [-0.2, -0.15) is 10.4 Å². The topological polar surface area (TPSA) is 140 Å². The minimum absolute atomic E-state index is 0.252. The number of hydrogen-bond acceptors (Lipinski definition) is 9. The Bertz CT molecular complexity index is 1050. The van der Waals surface area contributed by atoms with Crippen LogP contribution in [0.5, 0.6) is 0 Å². The van der Waals surface area contributed by atoms with Crippen LogP contribution < -0.4 is 5.32 Å². The van der Waals surface area contributed by atoms with Gasteiger partial charge >= 0.3 is 6.09 Å². The third-order valence-corrected chi connectivity index (χ3v) is 5.04. The van der Waals surface area contributed by atoms with Gasteiger partial charge in [-0.1, -0.05) is 0 Å². The molecule has 11 heteroatoms. The summed E-state index contributed by atoms with van der Waals surface area (Å²) in [4.78, 5) is 16.3. The van der Waals surface area contributed by atoms with Crippen LogP contribution in [0.25, 0.3) is 5.52 Å². The van der Waals surface area contributed by atoms with Gasteiger partial charge in [-0.25, -0.2) is 14.3 Å². The molecule has 0 aliphatic carbocycles. The Morgan fingerprint density at radius 3 is 2.74 bits per heavy atom. The van der Waals surface area contributed by atoms with Gasteiger partial charge in [-0.15, -0.1) is 0 Å². The molecule has 4 heterocycles. The number of anilines is 1. The maximum atomic E-state index is 12.2. The Morgan fingerprint density at radius 1 is 1.35 bits per heavy atom. The van der Waals surface area contributed by atoms with E-state index in [1.807, 2.05) is 6.07 Å². The fraction of sp³-hybridized carbons (Fsp3) is 0.600. The van der Waals surface area contributed by atoms with Gasteiger partial charge in [0.25, 0.3) is 0 Å². The molecule has 2 aromatic rings. The van der Waals surface area contributed by atoms with Gasteiger partial charge in [-0.3, -0.25) is 5.32 Å². The summed E-state index contributed by atoms with van der Waals surface area (Å²) in [7, 11) is 0. The highest BCUT2D eigenvalue weighted by Gasteiger charge is 2.64. The average molecular weight is 431 g/mol. The number of carbonyl (C=O) groups is 1. The molecule has 31 heavy (non-hydrogen) atoms. The Labute approximate surface area is 178 Å². The summed E-state index contributed by atoms with van der Waals surface area (Å²) in [5, 5.41) is 26.5. The minimum atomic E-state index is -1.57. The molecule has 4 rings (SSSR count). The van der Waals surface area contributed by atoms with E-state index in [1.54, 1.807) is 51.3 Å². The number of carbonyl (C=O) groups excluding carboxylic acids is 1. The van der Waals surface area contributed by atoms with Crippen molar-refractivity contribution in [1.82, 2.24) is 14.6 Å². The van der Waals surface area contributed by atoms with Crippen molar-refractivity contribution in [2.75, 3.05) is 11.9 Å². The molecule has 0 spiro atoms. The summed E-state index contributed by atoms with van der Waals surface area (Å²) in [6.07, 6.45) is -1.53. The smallest absolute Gasteiger partial charge is 0.413 e. The maximum absolute atomic E-state index is 12.2. The van der Waals surface area contributed by atoms with Crippen LogP contribution in [0.2, 0.25) is 0 Å². The van der Waals surface area contributed by atoms with Crippen LogP contribution in [0.4, 0.5) is 10.6 Å². The number of hydrogen-bond donors (Lipinski definition) is 2. The summed E-state index contributed by atoms with van der Waals surface area (Å²) in [6.45, 7) is 8.22. The zero-order chi connectivity index (χ0) is 22.6. The molecule has 0 aromatic carbocycles. The van der Waals surface area contributed by atoms with Gasteiger partial charge in [0.2, 0.25) is 5.60 Å². The first-order valence-corrected chi connectivity index (χ1v) is 9.87. The van der Waals surface area contributed by atoms with Gasteiger partial charge < -0.3 is 24.1 Å². The highest BCUT2D eigenvalue weighted by molar-refractivity contribution is 5.88. The van der Waals surface area contributed by atoms with Crippen molar-refractivity contribution in [3.63, 3.8) is 0 Å². The van der Waals surface area contributed by atoms with Crippen molar-refractivity contribution < 1.29 is 28.8 Å². The van der Waals surface area contributed by atoms with Gasteiger partial charge in [0, 0.05) is 0 Å². The molecule has 2 N–H and O–H groups in total. The lowest BCUT2D eigenvalue weighted by atomic mass is 9.96. The number of amides is 1. The van der Waals surface area contributed by atoms with E-state index in [-0.39, 0.29) is 5.82 Å². The molecule has 2 saturated heterocycles. The Balaban J connectivity index is 1.69. The minimum Gasteiger partial charge on any atom is -0.444 e. The third-order valence-electron chi connectivity index (χ3n) is 5.04. The highest BCUT2D eigenvalue weighted by atomic mass is 16.8. The zero-order valence-corrected chi connectivity index (χ0v) is 17.9. The van der Waals surface area contributed by atoms with Gasteiger partial charge in [0.15, 0.2) is 11.6 Å². The predicted molar refractivity (Wildman–Crippen MR) is 106 cm³/mol. The zero-order valence-electron chi connectivity index (χ0n) is 17.9. The van der Waals surface area contributed by atoms with E-state index < -0.39 is 48.0 Å². The first-order chi connectivity index (χ1) is 14.5. The van der Waals surface area contributed by atoms with Crippen LogP contribution in [0.1, 0.15) is 46.4 Å². The van der Waals surface area contributed by atoms with Gasteiger partial charge in [-0.05, 0) is 46.8 Å². The van der Waals surface area contributed by atoms with Crippen molar-refractivity contribution in [3.05, 3.63) is 24.2 Å². The van der Waals surface area contributed by atoms with E-state index >= 15 is 0 Å². The van der Waals surface area contributed by atoms with E-state index in [0.717, 1.165) is 0 Å². The molecule has 0 radical (unpaired) electrons. The largest absolute Gasteiger partial charge is 0.444 e. The summed E-state index contributed by atoms with van der Waals surface area (Å²) < 4.78 is 24.7. The van der Waals surface area contributed by atoms with Crippen LogP contribution in [0.3, 0.4) is 0 Å². The first kappa shape index (κ1) is 21.5. The number of aliphatic hydroxyl groups excluding tert-OH is 1. The second kappa shape index (κ2) is 7.13. The van der Waals surface area contributed by atoms with Crippen LogP contribution in [0, 0.1) is 11.3 Å². The highest BCUT2D eigenvalue weighted by Crippen LogP contribution is 2.49. The normalized spacial score (nSPS) is 29.5. The second-order valence-corrected chi connectivity index (χ2v) is 9.01. The van der Waals surface area contributed by atoms with Crippen molar-refractivity contribution >= 4 is 17.4 Å². The van der Waals surface area contributed by atoms with E-state index in [4.69, 9.17) is 18.9 Å². The van der Waals surface area contributed by atoms with E-state index in [0.29, 0.717) is 11.2 Å². The molecule has 4 atom stereocenters. The molecular weight excluding hydrogens is 406 g/mol. The Morgan fingerprint density at radius 2 is 2.10 bits per heavy atom. The lowest BCUT2D eigenvalue weighted by molar-refractivity contribution is -0.205. The van der Waals surface area contributed by atoms with Crippen LogP contribution in [-0.4, -0.2) is 61.6 Å². The van der Waals surface area contributed by atoms with E-state index in [9.17, 15) is 15.2 Å². The van der Waals surface area contributed by atoms with Crippen molar-refractivity contribution in [2.24, 2.45) is 0 Å². The number of nitrogens with zero attached hydrogens (tertiary/aromatic N) is 4. The molecule has 0 unspecified atom stereocenters. The van der Waals surface area contributed by atoms with Crippen LogP contribution in [0.15, 0.2) is 18.5 Å². The SMILES string of the molecule is CC(C)(C)OC(=O)Nc1ncnn2c([C@@H]3O[C@](C#N)(CO)[C@H]4OC(C)(C)O[C@@H]34)ccc12. The fourth-order valence-corrected chi connectivity index (χ4v) is 3.88. The molecule has 2 aromatic heterocycles. The molecule has 2 fully saturated rings. The molecule has 0 bridgehead atoms. The Kier molecular flexibility index (Phi) is 4.94. The lowest BCUT2D eigenvalue weighted by Gasteiger charge is -2.27. The number of nitriles is 1. The molecule has 11 nitrogen and oxygen atoms in total. The number of nitrogens with one attached hydrogen (secondary N) is 1. The quantitative estimate of drug-likeness (QED) is 0.745. The van der Waals surface area contributed by atoms with Gasteiger partial charge in [0.1, 0.15) is 41.8 Å². The van der Waals surface area contributed by atoms with Crippen molar-refractivity contribution in [2.45, 2.75) is 69.9 Å². The number of aromatic nitrogens is 3. The molecule has 1 amide bonds. The summed E-state index contributed by atoms with van der Waals surface area (Å²) in [6, 6.07) is 5.50. The van der Waals surface area contributed by atoms with Gasteiger partial charge in [0.05, 0.1) is 12.3 Å². The molecular formula is C20H25N5O6. The van der Waals surface area contributed by atoms with Crippen molar-refractivity contribution in [1.29, 1.82) is 5.26 Å². The first-order valence-electron chi connectivity index (χ1n) is 9.87. The average Bonchev–Trinajstić information content (AvgIpc) is 3.30. The predicted octanol–water partition coefficient (Wildman–Crippen LogP) is 1.92. The summed E-state index contributed by atoms with van der Waals surface area (Å²) >= 11 is 0. The summed E-state index contributed by atoms with van der Waals surface area (Å²) in [5.41, 5.74) is -1.17. The molecule has 0 saturated carbocycles. The molecule has 166 valence electrons. The Hall–Kier alpha value is -2.78. The number of aliphatic hydroxyl groups is 1. The third kappa shape index (κ3) is 3.72. The number of ether oxygens (including phenoxy) is 4. The lowest BCUT2D eigenvalue weighted by Crippen LogP contribution is -2.45.